The Balaban J connectivity index is 2.09. The lowest BCUT2D eigenvalue weighted by molar-refractivity contribution is -0.142. The molecule has 0 bridgehead atoms. The number of hydrogen-bond acceptors (Lipinski definition) is 6. The van der Waals surface area contributed by atoms with Crippen LogP contribution in [0.5, 0.6) is 5.75 Å². The molecular weight excluding hydrogens is 511 g/mol. The van der Waals surface area contributed by atoms with Gasteiger partial charge in [-0.05, 0) is 48.9 Å². The van der Waals surface area contributed by atoms with E-state index < -0.39 is 43.7 Å². The van der Waals surface area contributed by atoms with Crippen LogP contribution in [0, 0.1) is 5.92 Å². The first-order valence-electron chi connectivity index (χ1n) is 12.3. The van der Waals surface area contributed by atoms with Gasteiger partial charge in [0.15, 0.2) is 0 Å². The number of nitrogens with two attached hydrogens (primary N) is 2. The average molecular weight is 549 g/mol. The van der Waals surface area contributed by atoms with Gasteiger partial charge in [-0.3, -0.25) is 24.2 Å². The fourth-order valence-corrected chi connectivity index (χ4v) is 4.22. The number of amides is 3. The second-order valence-corrected chi connectivity index (χ2v) is 10.8. The highest BCUT2D eigenvalue weighted by molar-refractivity contribution is 7.46. The third-order valence-electron chi connectivity index (χ3n) is 5.88. The largest absolute Gasteiger partial charge is 0.524 e. The molecule has 0 radical (unpaired) electrons. The van der Waals surface area contributed by atoms with Gasteiger partial charge >= 0.3 is 7.82 Å². The number of carbonyl (C=O) groups is 3. The topological polar surface area (TPSA) is 185 Å². The molecule has 2 aromatic carbocycles. The summed E-state index contributed by atoms with van der Waals surface area (Å²) in [6.45, 7) is 5.85. The quantitative estimate of drug-likeness (QED) is 0.220. The lowest BCUT2D eigenvalue weighted by atomic mass is 10.0. The van der Waals surface area contributed by atoms with Gasteiger partial charge in [0, 0.05) is 13.0 Å². The highest BCUT2D eigenvalue weighted by Crippen LogP contribution is 2.37. The molecule has 0 saturated carbocycles. The van der Waals surface area contributed by atoms with Gasteiger partial charge < -0.3 is 26.2 Å². The lowest BCUT2D eigenvalue weighted by Gasteiger charge is -2.33. The predicted molar refractivity (Wildman–Crippen MR) is 143 cm³/mol. The molecule has 0 aliphatic heterocycles. The molecule has 0 saturated heterocycles. The number of carbonyl (C=O) groups excluding carboxylic acids is 3. The van der Waals surface area contributed by atoms with Crippen molar-refractivity contribution >= 4 is 25.5 Å². The molecule has 0 aliphatic rings. The molecule has 3 amide bonds. The van der Waals surface area contributed by atoms with Gasteiger partial charge in [-0.1, -0.05) is 56.3 Å². The van der Waals surface area contributed by atoms with Crippen molar-refractivity contribution < 1.29 is 33.3 Å². The van der Waals surface area contributed by atoms with Crippen molar-refractivity contribution in [1.29, 1.82) is 0 Å². The fourth-order valence-electron chi connectivity index (χ4n) is 3.82. The van der Waals surface area contributed by atoms with Gasteiger partial charge in [0.2, 0.25) is 17.7 Å². The van der Waals surface area contributed by atoms with Gasteiger partial charge in [0.05, 0.1) is 6.04 Å². The summed E-state index contributed by atoms with van der Waals surface area (Å²) in [5.41, 5.74) is 13.3. The number of phosphoric ester groups is 1. The molecule has 0 spiro atoms. The van der Waals surface area contributed by atoms with Crippen LogP contribution < -0.4 is 21.3 Å². The van der Waals surface area contributed by atoms with Gasteiger partial charge in [-0.15, -0.1) is 0 Å². The highest BCUT2D eigenvalue weighted by Gasteiger charge is 2.32. The van der Waals surface area contributed by atoms with E-state index in [4.69, 9.17) is 21.3 Å². The molecule has 2 rings (SSSR count). The Bertz CT molecular complexity index is 1120. The van der Waals surface area contributed by atoms with E-state index in [2.05, 4.69) is 9.84 Å². The van der Waals surface area contributed by atoms with Crippen molar-refractivity contribution in [2.45, 2.75) is 58.2 Å². The Kier molecular flexibility index (Phi) is 11.5. The normalized spacial score (nSPS) is 13.9. The van der Waals surface area contributed by atoms with Crippen LogP contribution >= 0.6 is 7.82 Å². The van der Waals surface area contributed by atoms with Crippen molar-refractivity contribution in [3.05, 3.63) is 65.7 Å². The zero-order chi connectivity index (χ0) is 28.5. The maximum absolute atomic E-state index is 13.4. The van der Waals surface area contributed by atoms with Crippen molar-refractivity contribution in [3.8, 4) is 5.75 Å². The zero-order valence-electron chi connectivity index (χ0n) is 21.8. The van der Waals surface area contributed by atoms with Gasteiger partial charge in [0.1, 0.15) is 17.8 Å². The molecule has 208 valence electrons. The number of nitrogens with one attached hydrogen (secondary N) is 1. The van der Waals surface area contributed by atoms with Gasteiger partial charge in [-0.25, -0.2) is 4.57 Å². The summed E-state index contributed by atoms with van der Waals surface area (Å²) in [4.78, 5) is 57.8. The third kappa shape index (κ3) is 10.3. The summed E-state index contributed by atoms with van der Waals surface area (Å²) >= 11 is 0. The molecule has 38 heavy (non-hydrogen) atoms. The van der Waals surface area contributed by atoms with Crippen molar-refractivity contribution in [3.63, 3.8) is 0 Å². The summed E-state index contributed by atoms with van der Waals surface area (Å²) < 4.78 is 15.4. The standard InChI is InChI=1S/C26H37N4O7P/c1-17(2)13-14-30(23(24(28)31)16-19-7-5-4-6-8-19)26(33)18(3)29-25(32)22(27)15-20-9-11-21(12-10-20)37-38(34,35)36/h4-12,17-18,22-23H,13-16,27H2,1-3H3,(H2,28,31)(H,29,32)(H2,34,35,36)/t18-,22+,23+/m1/s1. The molecule has 7 N–H and O–H groups in total. The number of rotatable bonds is 14. The maximum Gasteiger partial charge on any atom is 0.524 e. The molecule has 0 aliphatic carbocycles. The molecule has 3 atom stereocenters. The van der Waals surface area contributed by atoms with Crippen LogP contribution in [0.2, 0.25) is 0 Å². The second-order valence-electron chi connectivity index (χ2n) is 9.59. The number of hydrogen-bond donors (Lipinski definition) is 5. The number of phosphoric acid groups is 1. The molecule has 0 aromatic heterocycles. The summed E-state index contributed by atoms with van der Waals surface area (Å²) in [6.07, 6.45) is 1.01. The van der Waals surface area contributed by atoms with E-state index in [0.29, 0.717) is 18.5 Å². The third-order valence-corrected chi connectivity index (χ3v) is 6.32. The number of benzene rings is 2. The fraction of sp³-hybridized carbons (Fsp3) is 0.423. The number of nitrogens with zero attached hydrogens (tertiary/aromatic N) is 1. The number of primary amides is 1. The van der Waals surface area contributed by atoms with Crippen LogP contribution in [0.3, 0.4) is 0 Å². The van der Waals surface area contributed by atoms with Crippen LogP contribution in [-0.2, 0) is 31.8 Å². The first kappa shape index (κ1) is 31.0. The minimum atomic E-state index is -4.68. The summed E-state index contributed by atoms with van der Waals surface area (Å²) in [6, 6.07) is 12.2. The average Bonchev–Trinajstić information content (AvgIpc) is 2.83. The SMILES string of the molecule is CC(C)CCN(C(=O)[C@@H](C)NC(=O)[C@@H](N)Cc1ccc(OP(=O)(O)O)cc1)[C@@H](Cc1ccccc1)C(N)=O. The minimum Gasteiger partial charge on any atom is -0.404 e. The Morgan fingerprint density at radius 1 is 0.974 bits per heavy atom. The van der Waals surface area contributed by atoms with E-state index in [1.54, 1.807) is 0 Å². The van der Waals surface area contributed by atoms with E-state index in [1.807, 2.05) is 44.2 Å². The second kappa shape index (κ2) is 14.1. The zero-order valence-corrected chi connectivity index (χ0v) is 22.7. The monoisotopic (exact) mass is 548 g/mol. The van der Waals surface area contributed by atoms with Crippen LogP contribution in [0.4, 0.5) is 0 Å². The van der Waals surface area contributed by atoms with Crippen molar-refractivity contribution in [2.75, 3.05) is 6.54 Å². The van der Waals surface area contributed by atoms with E-state index in [1.165, 1.54) is 36.1 Å². The van der Waals surface area contributed by atoms with Gasteiger partial charge in [0.25, 0.3) is 0 Å². The van der Waals surface area contributed by atoms with Crippen molar-refractivity contribution in [2.24, 2.45) is 17.4 Å². The first-order valence-corrected chi connectivity index (χ1v) is 13.8. The highest BCUT2D eigenvalue weighted by atomic mass is 31.2. The van der Waals surface area contributed by atoms with E-state index in [-0.39, 0.29) is 24.5 Å². The Morgan fingerprint density at radius 2 is 1.55 bits per heavy atom. The summed E-state index contributed by atoms with van der Waals surface area (Å²) in [5.74, 6) is -1.39. The van der Waals surface area contributed by atoms with Crippen LogP contribution in [0.25, 0.3) is 0 Å². The van der Waals surface area contributed by atoms with Crippen molar-refractivity contribution in [1.82, 2.24) is 10.2 Å². The van der Waals surface area contributed by atoms with Gasteiger partial charge in [-0.2, -0.15) is 0 Å². The molecule has 11 nitrogen and oxygen atoms in total. The van der Waals surface area contributed by atoms with E-state index in [9.17, 15) is 18.9 Å². The molecule has 12 heteroatoms. The predicted octanol–water partition coefficient (Wildman–Crippen LogP) is 1.50. The Labute approximate surface area is 222 Å². The molecule has 0 unspecified atom stereocenters. The molecule has 0 heterocycles. The van der Waals surface area contributed by atoms with E-state index in [0.717, 1.165) is 5.56 Å². The maximum atomic E-state index is 13.4. The smallest absolute Gasteiger partial charge is 0.404 e. The lowest BCUT2D eigenvalue weighted by Crippen LogP contribution is -2.57. The van der Waals surface area contributed by atoms with E-state index >= 15 is 0 Å². The van der Waals surface area contributed by atoms with Crippen LogP contribution in [-0.4, -0.2) is 57.1 Å². The Morgan fingerprint density at radius 3 is 2.08 bits per heavy atom. The Hall–Kier alpha value is -3.24. The molecule has 0 fully saturated rings. The van der Waals surface area contributed by atoms with Crippen LogP contribution in [0.1, 0.15) is 38.3 Å². The first-order chi connectivity index (χ1) is 17.8. The summed E-state index contributed by atoms with van der Waals surface area (Å²) in [5, 5.41) is 2.63. The minimum absolute atomic E-state index is 0.0275. The summed E-state index contributed by atoms with van der Waals surface area (Å²) in [7, 11) is -4.68. The molecular formula is C26H37N4O7P. The van der Waals surface area contributed by atoms with Crippen LogP contribution in [0.15, 0.2) is 54.6 Å². The molecule has 2 aromatic rings.